The van der Waals surface area contributed by atoms with Crippen molar-refractivity contribution in [3.8, 4) is 5.75 Å². The number of amides is 1. The third-order valence-corrected chi connectivity index (χ3v) is 4.59. The number of methoxy groups -OCH3 is 1. The number of aromatic nitrogens is 2. The standard InChI is InChI=1S/C19H25N3O2/c1-24-17-9-6-15(7-10-17)8-11-19(23)20-12-13-22-18-5-3-2-4-16(18)14-21-22/h6-7,9-10,14H,2-5,8,11-13H2,1H3,(H,20,23). The molecule has 1 N–H and O–H groups in total. The van der Waals surface area contributed by atoms with Crippen LogP contribution in [-0.4, -0.2) is 29.3 Å². The maximum atomic E-state index is 12.0. The molecule has 3 rings (SSSR count). The van der Waals surface area contributed by atoms with Gasteiger partial charge in [0.15, 0.2) is 0 Å². The maximum Gasteiger partial charge on any atom is 0.220 e. The van der Waals surface area contributed by atoms with E-state index in [2.05, 4.69) is 15.1 Å². The lowest BCUT2D eigenvalue weighted by Crippen LogP contribution is -2.28. The summed E-state index contributed by atoms with van der Waals surface area (Å²) in [5, 5.41) is 7.45. The zero-order valence-corrected chi connectivity index (χ0v) is 14.3. The van der Waals surface area contributed by atoms with Crippen LogP contribution in [0.1, 0.15) is 36.1 Å². The van der Waals surface area contributed by atoms with Gasteiger partial charge in [0.05, 0.1) is 19.9 Å². The van der Waals surface area contributed by atoms with Crippen molar-refractivity contribution in [3.63, 3.8) is 0 Å². The quantitative estimate of drug-likeness (QED) is 0.850. The Labute approximate surface area is 143 Å². The first kappa shape index (κ1) is 16.6. The van der Waals surface area contributed by atoms with E-state index in [0.29, 0.717) is 13.0 Å². The average Bonchev–Trinajstić information content (AvgIpc) is 3.04. The lowest BCUT2D eigenvalue weighted by molar-refractivity contribution is -0.121. The van der Waals surface area contributed by atoms with Gasteiger partial charge in [-0.3, -0.25) is 9.48 Å². The maximum absolute atomic E-state index is 12.0. The molecule has 0 saturated carbocycles. The highest BCUT2D eigenvalue weighted by atomic mass is 16.5. The van der Waals surface area contributed by atoms with Gasteiger partial charge < -0.3 is 10.1 Å². The molecule has 1 amide bonds. The third-order valence-electron chi connectivity index (χ3n) is 4.59. The van der Waals surface area contributed by atoms with Gasteiger partial charge in [0, 0.05) is 18.7 Å². The second-order valence-electron chi connectivity index (χ2n) is 6.24. The number of ether oxygens (including phenoxy) is 1. The van der Waals surface area contributed by atoms with Crippen molar-refractivity contribution >= 4 is 5.91 Å². The van der Waals surface area contributed by atoms with Crippen molar-refractivity contribution in [1.29, 1.82) is 0 Å². The molecule has 24 heavy (non-hydrogen) atoms. The largest absolute Gasteiger partial charge is 0.497 e. The Morgan fingerprint density at radius 2 is 2.04 bits per heavy atom. The number of hydrogen-bond donors (Lipinski definition) is 1. The van der Waals surface area contributed by atoms with Gasteiger partial charge in [-0.05, 0) is 55.4 Å². The third kappa shape index (κ3) is 4.16. The van der Waals surface area contributed by atoms with E-state index in [4.69, 9.17) is 4.74 Å². The van der Waals surface area contributed by atoms with Crippen LogP contribution in [0.3, 0.4) is 0 Å². The van der Waals surface area contributed by atoms with Gasteiger partial charge in [-0.1, -0.05) is 12.1 Å². The van der Waals surface area contributed by atoms with E-state index in [1.54, 1.807) is 7.11 Å². The van der Waals surface area contributed by atoms with Gasteiger partial charge in [-0.2, -0.15) is 5.10 Å². The minimum absolute atomic E-state index is 0.0897. The molecule has 1 heterocycles. The van der Waals surface area contributed by atoms with Crippen LogP contribution < -0.4 is 10.1 Å². The highest BCUT2D eigenvalue weighted by Crippen LogP contribution is 2.20. The molecule has 0 saturated heterocycles. The number of aryl methyl sites for hydroxylation is 2. The monoisotopic (exact) mass is 327 g/mol. The van der Waals surface area contributed by atoms with Gasteiger partial charge in [-0.15, -0.1) is 0 Å². The number of nitrogens with zero attached hydrogens (tertiary/aromatic N) is 2. The van der Waals surface area contributed by atoms with Crippen LogP contribution in [0.15, 0.2) is 30.5 Å². The number of carbonyl (C=O) groups is 1. The van der Waals surface area contributed by atoms with E-state index >= 15 is 0 Å². The number of rotatable bonds is 7. The summed E-state index contributed by atoms with van der Waals surface area (Å²) in [4.78, 5) is 12.0. The molecule has 0 spiro atoms. The van der Waals surface area contributed by atoms with Gasteiger partial charge in [0.1, 0.15) is 5.75 Å². The van der Waals surface area contributed by atoms with Crippen molar-refractivity contribution < 1.29 is 9.53 Å². The summed E-state index contributed by atoms with van der Waals surface area (Å²) in [7, 11) is 1.65. The Hall–Kier alpha value is -2.30. The molecular formula is C19H25N3O2. The van der Waals surface area contributed by atoms with Crippen molar-refractivity contribution in [2.45, 2.75) is 45.1 Å². The molecule has 1 aliphatic carbocycles. The summed E-state index contributed by atoms with van der Waals surface area (Å²) in [6.07, 6.45) is 7.99. The van der Waals surface area contributed by atoms with Gasteiger partial charge >= 0.3 is 0 Å². The van der Waals surface area contributed by atoms with Gasteiger partial charge in [-0.25, -0.2) is 0 Å². The van der Waals surface area contributed by atoms with Crippen molar-refractivity contribution in [2.75, 3.05) is 13.7 Å². The lowest BCUT2D eigenvalue weighted by Gasteiger charge is -2.14. The first-order chi connectivity index (χ1) is 11.8. The molecular weight excluding hydrogens is 302 g/mol. The molecule has 128 valence electrons. The Kier molecular flexibility index (Phi) is 5.51. The lowest BCUT2D eigenvalue weighted by atomic mass is 9.98. The minimum atomic E-state index is 0.0897. The van der Waals surface area contributed by atoms with E-state index in [9.17, 15) is 4.79 Å². The summed E-state index contributed by atoms with van der Waals surface area (Å²) in [6, 6.07) is 7.85. The van der Waals surface area contributed by atoms with Crippen LogP contribution in [0.4, 0.5) is 0 Å². The molecule has 5 heteroatoms. The van der Waals surface area contributed by atoms with Crippen LogP contribution in [0, 0.1) is 0 Å². The highest BCUT2D eigenvalue weighted by molar-refractivity contribution is 5.76. The van der Waals surface area contributed by atoms with Crippen LogP contribution in [-0.2, 0) is 30.6 Å². The van der Waals surface area contributed by atoms with Crippen LogP contribution >= 0.6 is 0 Å². The van der Waals surface area contributed by atoms with Crippen molar-refractivity contribution in [2.24, 2.45) is 0 Å². The molecule has 2 aromatic rings. The molecule has 0 unspecified atom stereocenters. The fourth-order valence-corrected chi connectivity index (χ4v) is 3.19. The second-order valence-corrected chi connectivity index (χ2v) is 6.24. The highest BCUT2D eigenvalue weighted by Gasteiger charge is 2.14. The van der Waals surface area contributed by atoms with Gasteiger partial charge in [0.25, 0.3) is 0 Å². The SMILES string of the molecule is COc1ccc(CCC(=O)NCCn2ncc3c2CCCC3)cc1. The van der Waals surface area contributed by atoms with E-state index in [1.807, 2.05) is 30.5 Å². The Morgan fingerprint density at radius 1 is 1.25 bits per heavy atom. The number of benzene rings is 1. The van der Waals surface area contributed by atoms with E-state index in [0.717, 1.165) is 37.1 Å². The first-order valence-corrected chi connectivity index (χ1v) is 8.69. The summed E-state index contributed by atoms with van der Waals surface area (Å²) >= 11 is 0. The second kappa shape index (κ2) is 7.99. The topological polar surface area (TPSA) is 56.1 Å². The smallest absolute Gasteiger partial charge is 0.220 e. The van der Waals surface area contributed by atoms with E-state index in [1.165, 1.54) is 24.1 Å². The molecule has 1 aliphatic rings. The summed E-state index contributed by atoms with van der Waals surface area (Å²) in [5.41, 5.74) is 3.88. The summed E-state index contributed by atoms with van der Waals surface area (Å²) in [6.45, 7) is 1.39. The van der Waals surface area contributed by atoms with Crippen LogP contribution in [0.2, 0.25) is 0 Å². The van der Waals surface area contributed by atoms with Crippen molar-refractivity contribution in [1.82, 2.24) is 15.1 Å². The normalized spacial score (nSPS) is 13.4. The minimum Gasteiger partial charge on any atom is -0.497 e. The molecule has 0 fully saturated rings. The molecule has 0 atom stereocenters. The number of carbonyl (C=O) groups excluding carboxylic acids is 1. The van der Waals surface area contributed by atoms with Crippen molar-refractivity contribution in [3.05, 3.63) is 47.3 Å². The Morgan fingerprint density at radius 3 is 2.83 bits per heavy atom. The zero-order valence-electron chi connectivity index (χ0n) is 14.3. The molecule has 1 aromatic heterocycles. The fraction of sp³-hybridized carbons (Fsp3) is 0.474. The average molecular weight is 327 g/mol. The van der Waals surface area contributed by atoms with E-state index < -0.39 is 0 Å². The zero-order chi connectivity index (χ0) is 16.8. The van der Waals surface area contributed by atoms with Crippen LogP contribution in [0.5, 0.6) is 5.75 Å². The van der Waals surface area contributed by atoms with Crippen LogP contribution in [0.25, 0.3) is 0 Å². The molecule has 0 bridgehead atoms. The molecule has 1 aromatic carbocycles. The summed E-state index contributed by atoms with van der Waals surface area (Å²) < 4.78 is 7.19. The number of fused-ring (bicyclic) bond motifs is 1. The predicted molar refractivity (Wildman–Crippen MR) is 93.2 cm³/mol. The summed E-state index contributed by atoms with van der Waals surface area (Å²) in [5.74, 6) is 0.928. The van der Waals surface area contributed by atoms with E-state index in [-0.39, 0.29) is 5.91 Å². The number of hydrogen-bond acceptors (Lipinski definition) is 3. The molecule has 0 radical (unpaired) electrons. The number of nitrogens with one attached hydrogen (secondary N) is 1. The molecule has 5 nitrogen and oxygen atoms in total. The Bertz CT molecular complexity index is 676. The Balaban J connectivity index is 1.40. The molecule has 0 aliphatic heterocycles. The predicted octanol–water partition coefficient (Wildman–Crippen LogP) is 2.52. The first-order valence-electron chi connectivity index (χ1n) is 8.69. The fourth-order valence-electron chi connectivity index (χ4n) is 3.19. The van der Waals surface area contributed by atoms with Gasteiger partial charge in [0.2, 0.25) is 5.91 Å².